The fourth-order valence-corrected chi connectivity index (χ4v) is 4.22. The number of benzene rings is 2. The van der Waals surface area contributed by atoms with Crippen molar-refractivity contribution in [3.63, 3.8) is 0 Å². The third kappa shape index (κ3) is 5.44. The van der Waals surface area contributed by atoms with Crippen molar-refractivity contribution in [2.45, 2.75) is 50.7 Å². The van der Waals surface area contributed by atoms with Gasteiger partial charge in [-0.05, 0) is 42.3 Å². The van der Waals surface area contributed by atoms with Crippen molar-refractivity contribution < 1.29 is 26.4 Å². The number of amides is 1. The van der Waals surface area contributed by atoms with Crippen molar-refractivity contribution in [3.8, 4) is 0 Å². The topological polar surface area (TPSA) is 81.1 Å². The molecule has 2 aromatic carbocycles. The standard InChI is InChI=1S/C23H24F3N3O3S/c1-15-16(9-8-12-18(15)23(24,25)26)14-29-19(13-20(27-29)22(2,3)4)21(30)28-33(31,32)17-10-6-5-7-11-17/h5-13H,14H2,1-4H3,(H,28,30). The first-order valence-electron chi connectivity index (χ1n) is 10.1. The molecule has 1 amide bonds. The molecule has 176 valence electrons. The van der Waals surface area contributed by atoms with Gasteiger partial charge in [0.05, 0.1) is 22.7 Å². The van der Waals surface area contributed by atoms with E-state index in [1.54, 1.807) is 6.07 Å². The minimum absolute atomic E-state index is 0.0149. The van der Waals surface area contributed by atoms with Crippen LogP contribution in [0.3, 0.4) is 0 Å². The summed E-state index contributed by atoms with van der Waals surface area (Å²) in [7, 11) is -4.15. The molecule has 0 bridgehead atoms. The number of nitrogens with zero attached hydrogens (tertiary/aromatic N) is 2. The molecule has 33 heavy (non-hydrogen) atoms. The lowest BCUT2D eigenvalue weighted by Crippen LogP contribution is -2.32. The highest BCUT2D eigenvalue weighted by Crippen LogP contribution is 2.33. The highest BCUT2D eigenvalue weighted by atomic mass is 32.2. The third-order valence-electron chi connectivity index (χ3n) is 5.13. The number of sulfonamides is 1. The van der Waals surface area contributed by atoms with Crippen LogP contribution in [0.25, 0.3) is 0 Å². The lowest BCUT2D eigenvalue weighted by Gasteiger charge is -2.16. The monoisotopic (exact) mass is 479 g/mol. The number of nitrogens with one attached hydrogen (secondary N) is 1. The zero-order valence-corrected chi connectivity index (χ0v) is 19.4. The van der Waals surface area contributed by atoms with Gasteiger partial charge in [0.15, 0.2) is 0 Å². The number of hydrogen-bond acceptors (Lipinski definition) is 4. The first-order chi connectivity index (χ1) is 15.2. The minimum atomic E-state index is -4.52. The molecule has 0 fully saturated rings. The Hall–Kier alpha value is -3.14. The van der Waals surface area contributed by atoms with E-state index in [0.717, 1.165) is 6.07 Å². The Morgan fingerprint density at radius 2 is 1.67 bits per heavy atom. The maximum absolute atomic E-state index is 13.3. The van der Waals surface area contributed by atoms with E-state index in [0.29, 0.717) is 11.3 Å². The van der Waals surface area contributed by atoms with Gasteiger partial charge < -0.3 is 0 Å². The second kappa shape index (κ2) is 8.66. The average Bonchev–Trinajstić information content (AvgIpc) is 3.13. The molecule has 0 atom stereocenters. The molecule has 0 saturated heterocycles. The van der Waals surface area contributed by atoms with E-state index >= 15 is 0 Å². The molecule has 0 saturated carbocycles. The predicted molar refractivity (Wildman–Crippen MR) is 117 cm³/mol. The van der Waals surface area contributed by atoms with Gasteiger partial charge in [0.2, 0.25) is 0 Å². The average molecular weight is 480 g/mol. The van der Waals surface area contributed by atoms with Crippen LogP contribution in [0.4, 0.5) is 13.2 Å². The van der Waals surface area contributed by atoms with Crippen molar-refractivity contribution in [2.24, 2.45) is 0 Å². The van der Waals surface area contributed by atoms with Gasteiger partial charge in [0, 0.05) is 5.41 Å². The Kier molecular flexibility index (Phi) is 6.43. The zero-order valence-electron chi connectivity index (χ0n) is 18.6. The molecular weight excluding hydrogens is 455 g/mol. The molecule has 3 rings (SSSR count). The summed E-state index contributed by atoms with van der Waals surface area (Å²) in [6.45, 7) is 6.79. The van der Waals surface area contributed by atoms with Crippen LogP contribution in [-0.2, 0) is 28.2 Å². The van der Waals surface area contributed by atoms with Crippen LogP contribution in [0.5, 0.6) is 0 Å². The molecule has 1 heterocycles. The molecule has 1 N–H and O–H groups in total. The van der Waals surface area contributed by atoms with Gasteiger partial charge in [-0.2, -0.15) is 18.3 Å². The summed E-state index contributed by atoms with van der Waals surface area (Å²) in [5.74, 6) is -0.925. The summed E-state index contributed by atoms with van der Waals surface area (Å²) in [5, 5.41) is 4.41. The molecule has 0 aliphatic rings. The number of carbonyl (C=O) groups is 1. The number of rotatable bonds is 5. The lowest BCUT2D eigenvalue weighted by atomic mass is 9.92. The van der Waals surface area contributed by atoms with Crippen molar-refractivity contribution in [3.05, 3.63) is 82.7 Å². The highest BCUT2D eigenvalue weighted by Gasteiger charge is 2.33. The van der Waals surface area contributed by atoms with Gasteiger partial charge >= 0.3 is 6.18 Å². The summed E-state index contributed by atoms with van der Waals surface area (Å²) < 4.78 is 68.5. The van der Waals surface area contributed by atoms with E-state index in [4.69, 9.17) is 0 Å². The molecular formula is C23H24F3N3O3S. The van der Waals surface area contributed by atoms with Crippen LogP contribution in [0.1, 0.15) is 53.6 Å². The van der Waals surface area contributed by atoms with E-state index in [2.05, 4.69) is 5.10 Å². The fraction of sp³-hybridized carbons (Fsp3) is 0.304. The molecule has 6 nitrogen and oxygen atoms in total. The Labute approximate surface area is 190 Å². The van der Waals surface area contributed by atoms with E-state index in [1.807, 2.05) is 25.5 Å². The predicted octanol–water partition coefficient (Wildman–Crippen LogP) is 4.67. The summed E-state index contributed by atoms with van der Waals surface area (Å²) in [4.78, 5) is 12.9. The Balaban J connectivity index is 2.02. The van der Waals surface area contributed by atoms with Crippen molar-refractivity contribution >= 4 is 15.9 Å². The van der Waals surface area contributed by atoms with E-state index in [-0.39, 0.29) is 22.7 Å². The molecule has 3 aromatic rings. The number of halogens is 3. The van der Waals surface area contributed by atoms with Crippen LogP contribution < -0.4 is 4.72 Å². The van der Waals surface area contributed by atoms with Gasteiger partial charge in [0.25, 0.3) is 15.9 Å². The summed E-state index contributed by atoms with van der Waals surface area (Å²) in [5.41, 5.74) is -0.512. The van der Waals surface area contributed by atoms with Crippen LogP contribution in [0, 0.1) is 6.92 Å². The Morgan fingerprint density at radius 3 is 2.24 bits per heavy atom. The molecule has 0 radical (unpaired) electrons. The number of hydrogen-bond donors (Lipinski definition) is 1. The largest absolute Gasteiger partial charge is 0.416 e. The zero-order chi connectivity index (χ0) is 24.6. The van der Waals surface area contributed by atoms with Crippen molar-refractivity contribution in [1.82, 2.24) is 14.5 Å². The van der Waals surface area contributed by atoms with Crippen molar-refractivity contribution in [2.75, 3.05) is 0 Å². The third-order valence-corrected chi connectivity index (χ3v) is 6.48. The van der Waals surface area contributed by atoms with Gasteiger partial charge in [-0.1, -0.05) is 51.1 Å². The van der Waals surface area contributed by atoms with Gasteiger partial charge in [-0.15, -0.1) is 0 Å². The summed E-state index contributed by atoms with van der Waals surface area (Å²) >= 11 is 0. The number of carbonyl (C=O) groups excluding carboxylic acids is 1. The molecule has 0 unspecified atom stereocenters. The molecule has 0 aliphatic carbocycles. The molecule has 1 aromatic heterocycles. The number of aromatic nitrogens is 2. The second-order valence-electron chi connectivity index (χ2n) is 8.66. The summed E-state index contributed by atoms with van der Waals surface area (Å²) in [6.07, 6.45) is -4.52. The minimum Gasteiger partial charge on any atom is -0.266 e. The van der Waals surface area contributed by atoms with E-state index in [9.17, 15) is 26.4 Å². The molecule has 0 aliphatic heterocycles. The second-order valence-corrected chi connectivity index (χ2v) is 10.3. The Morgan fingerprint density at radius 1 is 1.03 bits per heavy atom. The van der Waals surface area contributed by atoms with Gasteiger partial charge in [-0.3, -0.25) is 9.48 Å². The van der Waals surface area contributed by atoms with E-state index in [1.165, 1.54) is 54.1 Å². The maximum Gasteiger partial charge on any atom is 0.416 e. The smallest absolute Gasteiger partial charge is 0.266 e. The van der Waals surface area contributed by atoms with Crippen LogP contribution in [0.2, 0.25) is 0 Å². The normalized spacial score (nSPS) is 12.6. The molecule has 0 spiro atoms. The first kappa shape index (κ1) is 24.5. The van der Waals surface area contributed by atoms with Crippen LogP contribution in [0.15, 0.2) is 59.5 Å². The lowest BCUT2D eigenvalue weighted by molar-refractivity contribution is -0.138. The first-order valence-corrected chi connectivity index (χ1v) is 11.5. The number of alkyl halides is 3. The highest BCUT2D eigenvalue weighted by molar-refractivity contribution is 7.90. The fourth-order valence-electron chi connectivity index (χ4n) is 3.24. The van der Waals surface area contributed by atoms with Crippen LogP contribution in [-0.4, -0.2) is 24.1 Å². The Bertz CT molecular complexity index is 1280. The van der Waals surface area contributed by atoms with Gasteiger partial charge in [0.1, 0.15) is 5.69 Å². The van der Waals surface area contributed by atoms with Crippen LogP contribution >= 0.6 is 0 Å². The van der Waals surface area contributed by atoms with E-state index < -0.39 is 33.1 Å². The summed E-state index contributed by atoms with van der Waals surface area (Å²) in [6, 6.07) is 12.6. The SMILES string of the molecule is Cc1c(Cn2nc(C(C)(C)C)cc2C(=O)NS(=O)(=O)c2ccccc2)cccc1C(F)(F)F. The maximum atomic E-state index is 13.3. The van der Waals surface area contributed by atoms with Gasteiger partial charge in [-0.25, -0.2) is 13.1 Å². The quantitative estimate of drug-likeness (QED) is 0.577. The molecule has 10 heteroatoms. The van der Waals surface area contributed by atoms with Crippen molar-refractivity contribution in [1.29, 1.82) is 0 Å².